The van der Waals surface area contributed by atoms with E-state index in [2.05, 4.69) is 13.8 Å². The summed E-state index contributed by atoms with van der Waals surface area (Å²) >= 11 is 1.53. The van der Waals surface area contributed by atoms with Gasteiger partial charge in [0.05, 0.1) is 36.1 Å². The molecular formula is C27H27N3O3S. The fourth-order valence-corrected chi connectivity index (χ4v) is 5.10. The van der Waals surface area contributed by atoms with Crippen LogP contribution in [0.5, 0.6) is 5.75 Å². The molecule has 7 heteroatoms. The summed E-state index contributed by atoms with van der Waals surface area (Å²) in [6, 6.07) is 17.8. The van der Waals surface area contributed by atoms with Crippen LogP contribution in [0.2, 0.25) is 0 Å². The molecule has 1 aliphatic heterocycles. The van der Waals surface area contributed by atoms with E-state index in [-0.39, 0.29) is 11.2 Å². The van der Waals surface area contributed by atoms with Crippen molar-refractivity contribution < 1.29 is 9.47 Å². The minimum Gasteiger partial charge on any atom is -0.497 e. The van der Waals surface area contributed by atoms with Crippen molar-refractivity contribution in [2.75, 3.05) is 7.11 Å². The number of nitrogens with zero attached hydrogens (tertiary/aromatic N) is 3. The van der Waals surface area contributed by atoms with E-state index in [1.165, 1.54) is 11.8 Å². The molecule has 2 aromatic heterocycles. The number of thioether (sulfide) groups is 1. The molecule has 2 aromatic carbocycles. The SMILES string of the molecule is COc1ccc(CSc2nc3nc4c(cc3c(=O)n2-c2cccc(C)c2)COC(C)(C)C4)cc1. The second-order valence-corrected chi connectivity index (χ2v) is 10.1. The molecule has 5 rings (SSSR count). The maximum absolute atomic E-state index is 13.8. The number of aromatic nitrogens is 3. The van der Waals surface area contributed by atoms with Crippen LogP contribution in [-0.4, -0.2) is 27.2 Å². The van der Waals surface area contributed by atoms with E-state index in [0.29, 0.717) is 35.0 Å². The van der Waals surface area contributed by atoms with E-state index in [1.54, 1.807) is 11.7 Å². The van der Waals surface area contributed by atoms with Crippen LogP contribution in [0.15, 0.2) is 64.5 Å². The first-order valence-corrected chi connectivity index (χ1v) is 12.2. The molecule has 0 bridgehead atoms. The molecule has 174 valence electrons. The smallest absolute Gasteiger partial charge is 0.268 e. The fourth-order valence-electron chi connectivity index (χ4n) is 4.14. The summed E-state index contributed by atoms with van der Waals surface area (Å²) in [5.74, 6) is 1.48. The van der Waals surface area contributed by atoms with Crippen molar-refractivity contribution in [1.29, 1.82) is 0 Å². The molecule has 34 heavy (non-hydrogen) atoms. The van der Waals surface area contributed by atoms with Crippen molar-refractivity contribution in [3.8, 4) is 11.4 Å². The van der Waals surface area contributed by atoms with Crippen molar-refractivity contribution in [3.63, 3.8) is 0 Å². The van der Waals surface area contributed by atoms with Gasteiger partial charge in [0, 0.05) is 17.7 Å². The van der Waals surface area contributed by atoms with Crippen molar-refractivity contribution >= 4 is 22.8 Å². The highest BCUT2D eigenvalue weighted by Crippen LogP contribution is 2.30. The number of hydrogen-bond donors (Lipinski definition) is 0. The van der Waals surface area contributed by atoms with Crippen molar-refractivity contribution in [2.45, 2.75) is 50.3 Å². The van der Waals surface area contributed by atoms with Crippen LogP contribution in [0.25, 0.3) is 16.7 Å². The van der Waals surface area contributed by atoms with Gasteiger partial charge in [0.1, 0.15) is 5.75 Å². The standard InChI is InChI=1S/C27H27N3O3S/c1-17-6-5-7-20(12-17)30-25(31)22-13-19-15-33-27(2,3)14-23(19)28-24(22)29-26(30)34-16-18-8-10-21(32-4)11-9-18/h5-13H,14-16H2,1-4H3. The third kappa shape index (κ3) is 4.45. The third-order valence-electron chi connectivity index (χ3n) is 6.00. The number of pyridine rings is 1. The van der Waals surface area contributed by atoms with E-state index in [9.17, 15) is 4.79 Å². The Morgan fingerprint density at radius 1 is 1.12 bits per heavy atom. The first-order chi connectivity index (χ1) is 16.3. The van der Waals surface area contributed by atoms with Gasteiger partial charge in [0.25, 0.3) is 5.56 Å². The lowest BCUT2D eigenvalue weighted by atomic mass is 9.95. The highest BCUT2D eigenvalue weighted by Gasteiger charge is 2.28. The second-order valence-electron chi connectivity index (χ2n) is 9.20. The van der Waals surface area contributed by atoms with Gasteiger partial charge in [-0.05, 0) is 62.2 Å². The number of hydrogen-bond acceptors (Lipinski definition) is 6. The van der Waals surface area contributed by atoms with E-state index < -0.39 is 0 Å². The molecule has 0 N–H and O–H groups in total. The van der Waals surface area contributed by atoms with Crippen molar-refractivity contribution in [2.24, 2.45) is 0 Å². The molecule has 6 nitrogen and oxygen atoms in total. The monoisotopic (exact) mass is 473 g/mol. The highest BCUT2D eigenvalue weighted by atomic mass is 32.2. The summed E-state index contributed by atoms with van der Waals surface area (Å²) in [6.45, 7) is 6.58. The van der Waals surface area contributed by atoms with Gasteiger partial charge in [0.15, 0.2) is 10.8 Å². The van der Waals surface area contributed by atoms with Gasteiger partial charge in [-0.3, -0.25) is 9.36 Å². The quantitative estimate of drug-likeness (QED) is 0.292. The van der Waals surface area contributed by atoms with Crippen molar-refractivity contribution in [1.82, 2.24) is 14.5 Å². The summed E-state index contributed by atoms with van der Waals surface area (Å²) in [5.41, 5.74) is 5.00. The molecule has 0 fully saturated rings. The van der Waals surface area contributed by atoms with Gasteiger partial charge in [-0.1, -0.05) is 36.0 Å². The Labute approximate surface area is 203 Å². The number of benzene rings is 2. The van der Waals surface area contributed by atoms with Gasteiger partial charge in [-0.25, -0.2) is 9.97 Å². The van der Waals surface area contributed by atoms with Crippen LogP contribution in [0.4, 0.5) is 0 Å². The predicted octanol–water partition coefficient (Wildman–Crippen LogP) is 5.24. The Hall–Kier alpha value is -3.16. The lowest BCUT2D eigenvalue weighted by Crippen LogP contribution is -2.33. The Morgan fingerprint density at radius 3 is 2.65 bits per heavy atom. The predicted molar refractivity (Wildman–Crippen MR) is 135 cm³/mol. The highest BCUT2D eigenvalue weighted by molar-refractivity contribution is 7.98. The minimum absolute atomic E-state index is 0.118. The Balaban J connectivity index is 1.63. The number of rotatable bonds is 5. The summed E-state index contributed by atoms with van der Waals surface area (Å²) in [5, 5.41) is 1.13. The number of methoxy groups -OCH3 is 1. The Kier molecular flexibility index (Phi) is 5.91. The summed E-state index contributed by atoms with van der Waals surface area (Å²) in [7, 11) is 1.66. The topological polar surface area (TPSA) is 66.2 Å². The van der Waals surface area contributed by atoms with E-state index in [4.69, 9.17) is 19.4 Å². The molecule has 0 spiro atoms. The molecule has 0 radical (unpaired) electrons. The van der Waals surface area contributed by atoms with Crippen LogP contribution in [0.3, 0.4) is 0 Å². The molecule has 0 saturated carbocycles. The van der Waals surface area contributed by atoms with Gasteiger partial charge in [0.2, 0.25) is 0 Å². The average Bonchev–Trinajstić information content (AvgIpc) is 2.81. The minimum atomic E-state index is -0.282. The number of fused-ring (bicyclic) bond motifs is 2. The zero-order valence-electron chi connectivity index (χ0n) is 19.8. The van der Waals surface area contributed by atoms with E-state index in [0.717, 1.165) is 33.8 Å². The normalized spacial score (nSPS) is 14.7. The van der Waals surface area contributed by atoms with E-state index in [1.807, 2.05) is 61.5 Å². The van der Waals surface area contributed by atoms with Gasteiger partial charge in [-0.15, -0.1) is 0 Å². The average molecular weight is 474 g/mol. The second kappa shape index (κ2) is 8.89. The van der Waals surface area contributed by atoms with Gasteiger partial charge in [-0.2, -0.15) is 0 Å². The largest absolute Gasteiger partial charge is 0.497 e. The van der Waals surface area contributed by atoms with Gasteiger partial charge >= 0.3 is 0 Å². The molecule has 1 aliphatic rings. The Morgan fingerprint density at radius 2 is 1.91 bits per heavy atom. The van der Waals surface area contributed by atoms with Crippen LogP contribution in [0, 0.1) is 6.92 Å². The zero-order chi connectivity index (χ0) is 23.9. The molecular weight excluding hydrogens is 446 g/mol. The molecule has 0 aliphatic carbocycles. The molecule has 0 amide bonds. The lowest BCUT2D eigenvalue weighted by molar-refractivity contribution is -0.0411. The summed E-state index contributed by atoms with van der Waals surface area (Å²) in [4.78, 5) is 23.5. The number of ether oxygens (including phenoxy) is 2. The molecule has 0 unspecified atom stereocenters. The lowest BCUT2D eigenvalue weighted by Gasteiger charge is -2.31. The fraction of sp³-hybridized carbons (Fsp3) is 0.296. The maximum atomic E-state index is 13.8. The van der Waals surface area contributed by atoms with Crippen molar-refractivity contribution in [3.05, 3.63) is 87.3 Å². The van der Waals surface area contributed by atoms with Crippen LogP contribution in [0.1, 0.15) is 36.2 Å². The maximum Gasteiger partial charge on any atom is 0.268 e. The third-order valence-corrected chi connectivity index (χ3v) is 7.01. The van der Waals surface area contributed by atoms with Gasteiger partial charge < -0.3 is 9.47 Å². The first-order valence-electron chi connectivity index (χ1n) is 11.3. The molecule has 0 saturated heterocycles. The molecule has 0 atom stereocenters. The van der Waals surface area contributed by atoms with Crippen LogP contribution >= 0.6 is 11.8 Å². The van der Waals surface area contributed by atoms with Crippen LogP contribution < -0.4 is 10.3 Å². The first kappa shape index (κ1) is 22.6. The summed E-state index contributed by atoms with van der Waals surface area (Å²) in [6.07, 6.45) is 0.690. The summed E-state index contributed by atoms with van der Waals surface area (Å²) < 4.78 is 12.9. The molecule has 3 heterocycles. The van der Waals surface area contributed by atoms with Crippen LogP contribution in [-0.2, 0) is 23.5 Å². The Bertz CT molecular complexity index is 1430. The molecule has 4 aromatic rings. The number of aryl methyl sites for hydroxylation is 1. The van der Waals surface area contributed by atoms with E-state index >= 15 is 0 Å². The zero-order valence-corrected chi connectivity index (χ0v) is 20.6.